The van der Waals surface area contributed by atoms with Crippen molar-refractivity contribution < 1.29 is 18.9 Å². The summed E-state index contributed by atoms with van der Waals surface area (Å²) in [4.78, 5) is 21.4. The van der Waals surface area contributed by atoms with Gasteiger partial charge in [-0.15, -0.1) is 0 Å². The minimum atomic E-state index is -0.709. The van der Waals surface area contributed by atoms with Crippen LogP contribution in [0.5, 0.6) is 5.75 Å². The van der Waals surface area contributed by atoms with Crippen LogP contribution in [0.3, 0.4) is 0 Å². The Morgan fingerprint density at radius 3 is 2.78 bits per heavy atom. The Kier molecular flexibility index (Phi) is 5.36. The van der Waals surface area contributed by atoms with Gasteiger partial charge in [-0.05, 0) is 24.6 Å². The first-order valence-corrected chi connectivity index (χ1v) is 6.74. The number of nitrogens with zero attached hydrogens (tertiary/aromatic N) is 1. The van der Waals surface area contributed by atoms with Crippen molar-refractivity contribution >= 4 is 11.8 Å². The lowest BCUT2D eigenvalue weighted by atomic mass is 10.2. The minimum Gasteiger partial charge on any atom is -0.481 e. The molecule has 0 aliphatic rings. The normalized spacial score (nSPS) is 9.61. The van der Waals surface area contributed by atoms with Crippen LogP contribution in [0.2, 0.25) is 0 Å². The molecule has 0 aliphatic carbocycles. The highest BCUT2D eigenvalue weighted by molar-refractivity contribution is 5.91. The fourth-order valence-electron chi connectivity index (χ4n) is 1.71. The van der Waals surface area contributed by atoms with Gasteiger partial charge in [0, 0.05) is 0 Å². The Balaban J connectivity index is 1.75. The van der Waals surface area contributed by atoms with Crippen molar-refractivity contribution in [3.63, 3.8) is 0 Å². The molecule has 0 radical (unpaired) electrons. The predicted octanol–water partition coefficient (Wildman–Crippen LogP) is 2.31. The monoisotopic (exact) mass is 314 g/mol. The quantitative estimate of drug-likeness (QED) is 0.519. The number of nitrogens with one attached hydrogen (secondary N) is 1. The molecule has 0 atom stereocenters. The van der Waals surface area contributed by atoms with E-state index in [-0.39, 0.29) is 18.9 Å². The number of para-hydroxylation sites is 1. The van der Waals surface area contributed by atoms with E-state index in [4.69, 9.17) is 9.15 Å². The van der Waals surface area contributed by atoms with Gasteiger partial charge in [0.05, 0.1) is 12.6 Å². The average molecular weight is 314 g/mol. The van der Waals surface area contributed by atoms with Crippen LogP contribution in [-0.2, 0) is 0 Å². The number of aryl methyl sites for hydroxylation is 1. The maximum atomic E-state index is 11.7. The number of rotatable bonds is 5. The van der Waals surface area contributed by atoms with E-state index in [1.54, 1.807) is 0 Å². The van der Waals surface area contributed by atoms with E-state index >= 15 is 0 Å². The lowest BCUT2D eigenvalue weighted by Gasteiger charge is -2.04. The summed E-state index contributed by atoms with van der Waals surface area (Å²) >= 11 is 0. The first-order valence-electron chi connectivity index (χ1n) is 6.74. The molecule has 1 heterocycles. The number of amides is 1. The molecular weight excluding hydrogens is 300 g/mol. The molecule has 1 amide bonds. The Hall–Kier alpha value is -3.27. The van der Waals surface area contributed by atoms with Gasteiger partial charge in [-0.2, -0.15) is 0 Å². The second-order valence-corrected chi connectivity index (χ2v) is 4.49. The summed E-state index contributed by atoms with van der Waals surface area (Å²) in [6.07, 6.45) is 0. The molecule has 0 saturated heterocycles. The molecule has 118 valence electrons. The standard InChI is InChI=1S/C16H14N2O5/c1-12-6-2-3-7-13(12)22-11-5-4-10-17-16(19)14-8-9-15(23-14)18(20)21/h2-3,6-9H,10-11H2,1H3,(H,17,19). The highest BCUT2D eigenvalue weighted by Gasteiger charge is 2.16. The van der Waals surface area contributed by atoms with Crippen molar-refractivity contribution in [1.29, 1.82) is 0 Å². The fourth-order valence-corrected chi connectivity index (χ4v) is 1.71. The Bertz CT molecular complexity index is 770. The molecule has 1 N–H and O–H groups in total. The zero-order valence-corrected chi connectivity index (χ0v) is 12.4. The molecule has 7 heteroatoms. The van der Waals surface area contributed by atoms with Gasteiger partial charge in [0.2, 0.25) is 0 Å². The Morgan fingerprint density at radius 2 is 2.09 bits per heavy atom. The Morgan fingerprint density at radius 1 is 1.30 bits per heavy atom. The molecule has 1 aromatic carbocycles. The number of carbonyl (C=O) groups is 1. The summed E-state index contributed by atoms with van der Waals surface area (Å²) in [5.74, 6) is 5.07. The number of carbonyl (C=O) groups excluding carboxylic acids is 1. The van der Waals surface area contributed by atoms with Gasteiger partial charge in [-0.3, -0.25) is 14.9 Å². The zero-order valence-electron chi connectivity index (χ0n) is 12.4. The van der Waals surface area contributed by atoms with E-state index in [0.29, 0.717) is 0 Å². The van der Waals surface area contributed by atoms with E-state index in [1.165, 1.54) is 6.07 Å². The van der Waals surface area contributed by atoms with Crippen LogP contribution in [0, 0.1) is 28.9 Å². The molecular formula is C16H14N2O5. The average Bonchev–Trinajstić information content (AvgIpc) is 3.02. The van der Waals surface area contributed by atoms with Crippen molar-refractivity contribution in [2.75, 3.05) is 13.2 Å². The summed E-state index contributed by atoms with van der Waals surface area (Å²) in [6, 6.07) is 9.94. The topological polar surface area (TPSA) is 94.6 Å². The van der Waals surface area contributed by atoms with Gasteiger partial charge in [-0.25, -0.2) is 0 Å². The summed E-state index contributed by atoms with van der Waals surface area (Å²) in [7, 11) is 0. The number of hydrogen-bond donors (Lipinski definition) is 1. The van der Waals surface area contributed by atoms with Gasteiger partial charge >= 0.3 is 5.88 Å². The summed E-state index contributed by atoms with van der Waals surface area (Å²) < 4.78 is 10.3. The molecule has 0 bridgehead atoms. The predicted molar refractivity (Wildman–Crippen MR) is 82.1 cm³/mol. The number of benzene rings is 1. The van der Waals surface area contributed by atoms with E-state index in [0.717, 1.165) is 17.4 Å². The van der Waals surface area contributed by atoms with Gasteiger partial charge < -0.3 is 14.5 Å². The lowest BCUT2D eigenvalue weighted by Crippen LogP contribution is -2.23. The van der Waals surface area contributed by atoms with Crippen molar-refractivity contribution in [3.8, 4) is 17.6 Å². The molecule has 0 spiro atoms. The SMILES string of the molecule is Cc1ccccc1OCC#CCNC(=O)c1ccc([N+](=O)[O-])o1. The van der Waals surface area contributed by atoms with Gasteiger partial charge in [0.15, 0.2) is 5.76 Å². The maximum Gasteiger partial charge on any atom is 0.433 e. The smallest absolute Gasteiger partial charge is 0.433 e. The van der Waals surface area contributed by atoms with E-state index in [1.807, 2.05) is 31.2 Å². The molecule has 23 heavy (non-hydrogen) atoms. The first-order chi connectivity index (χ1) is 11.1. The van der Waals surface area contributed by atoms with Crippen LogP contribution >= 0.6 is 0 Å². The molecule has 1 aromatic heterocycles. The zero-order chi connectivity index (χ0) is 16.7. The van der Waals surface area contributed by atoms with Gasteiger partial charge in [-0.1, -0.05) is 30.0 Å². The largest absolute Gasteiger partial charge is 0.481 e. The van der Waals surface area contributed by atoms with Crippen molar-refractivity contribution in [1.82, 2.24) is 5.32 Å². The molecule has 0 aliphatic heterocycles. The van der Waals surface area contributed by atoms with Crippen LogP contribution in [-0.4, -0.2) is 24.0 Å². The molecule has 0 fully saturated rings. The van der Waals surface area contributed by atoms with Crippen LogP contribution in [0.1, 0.15) is 16.1 Å². The molecule has 7 nitrogen and oxygen atoms in total. The summed E-state index contributed by atoms with van der Waals surface area (Å²) in [6.45, 7) is 2.23. The van der Waals surface area contributed by atoms with Gasteiger partial charge in [0.1, 0.15) is 17.3 Å². The third-order valence-electron chi connectivity index (χ3n) is 2.85. The lowest BCUT2D eigenvalue weighted by molar-refractivity contribution is -0.402. The molecule has 2 rings (SSSR count). The van der Waals surface area contributed by atoms with Crippen LogP contribution in [0.25, 0.3) is 0 Å². The molecule has 2 aromatic rings. The second kappa shape index (κ2) is 7.66. The number of furan rings is 1. The third kappa shape index (κ3) is 4.61. The number of hydrogen-bond acceptors (Lipinski definition) is 5. The third-order valence-corrected chi connectivity index (χ3v) is 2.85. The first kappa shape index (κ1) is 16.1. The summed E-state index contributed by atoms with van der Waals surface area (Å²) in [5, 5.41) is 12.9. The highest BCUT2D eigenvalue weighted by atomic mass is 16.6. The van der Waals surface area contributed by atoms with Gasteiger partial charge in [0.25, 0.3) is 5.91 Å². The van der Waals surface area contributed by atoms with Crippen LogP contribution in [0.4, 0.5) is 5.88 Å². The van der Waals surface area contributed by atoms with Crippen molar-refractivity contribution in [3.05, 3.63) is 57.8 Å². The second-order valence-electron chi connectivity index (χ2n) is 4.49. The fraction of sp³-hybridized carbons (Fsp3) is 0.188. The highest BCUT2D eigenvalue weighted by Crippen LogP contribution is 2.16. The van der Waals surface area contributed by atoms with Crippen molar-refractivity contribution in [2.45, 2.75) is 6.92 Å². The van der Waals surface area contributed by atoms with E-state index in [9.17, 15) is 14.9 Å². The van der Waals surface area contributed by atoms with E-state index < -0.39 is 16.7 Å². The maximum absolute atomic E-state index is 11.7. The Labute approximate surface area is 132 Å². The molecule has 0 saturated carbocycles. The summed E-state index contributed by atoms with van der Waals surface area (Å²) in [5.41, 5.74) is 1.02. The van der Waals surface area contributed by atoms with Crippen LogP contribution in [0.15, 0.2) is 40.8 Å². The van der Waals surface area contributed by atoms with Crippen molar-refractivity contribution in [2.24, 2.45) is 0 Å². The minimum absolute atomic E-state index is 0.0878. The van der Waals surface area contributed by atoms with E-state index in [2.05, 4.69) is 17.2 Å². The number of nitro groups is 1. The number of ether oxygens (including phenoxy) is 1. The molecule has 0 unspecified atom stereocenters. The van der Waals surface area contributed by atoms with Crippen LogP contribution < -0.4 is 10.1 Å².